The Morgan fingerprint density at radius 2 is 2.33 bits per heavy atom. The second-order valence-corrected chi connectivity index (χ2v) is 5.37. The van der Waals surface area contributed by atoms with Crippen molar-refractivity contribution in [1.82, 2.24) is 9.55 Å². The second-order valence-electron chi connectivity index (χ2n) is 5.37. The van der Waals surface area contributed by atoms with Crippen molar-refractivity contribution in [2.24, 2.45) is 0 Å². The van der Waals surface area contributed by atoms with E-state index in [4.69, 9.17) is 9.47 Å². The number of benzene rings is 1. The fourth-order valence-corrected chi connectivity index (χ4v) is 2.84. The van der Waals surface area contributed by atoms with Gasteiger partial charge in [0.05, 0.1) is 6.61 Å². The number of hydrogen-bond donors (Lipinski definition) is 0. The molecule has 1 aliphatic rings. The number of aromatic nitrogens is 2. The highest BCUT2D eigenvalue weighted by molar-refractivity contribution is 5.39. The molecule has 0 amide bonds. The van der Waals surface area contributed by atoms with Gasteiger partial charge in [0.25, 0.3) is 0 Å². The van der Waals surface area contributed by atoms with E-state index in [1.54, 1.807) is 0 Å². The number of rotatable bonds is 6. The van der Waals surface area contributed by atoms with Gasteiger partial charge in [-0.15, -0.1) is 0 Å². The molecular formula is C17H22N2O2. The maximum Gasteiger partial charge on any atom is 0.137 e. The minimum absolute atomic E-state index is 0.0402. The van der Waals surface area contributed by atoms with Crippen molar-refractivity contribution in [1.29, 1.82) is 0 Å². The first-order valence-electron chi connectivity index (χ1n) is 7.65. The van der Waals surface area contributed by atoms with E-state index >= 15 is 0 Å². The summed E-state index contributed by atoms with van der Waals surface area (Å²) < 4.78 is 13.4. The molecule has 1 aromatic heterocycles. The minimum Gasteiger partial charge on any atom is -0.493 e. The average molecular weight is 286 g/mol. The zero-order valence-corrected chi connectivity index (χ0v) is 12.7. The third-order valence-electron chi connectivity index (χ3n) is 3.92. The molecule has 0 saturated heterocycles. The molecule has 4 heteroatoms. The van der Waals surface area contributed by atoms with E-state index in [1.165, 1.54) is 11.1 Å². The maximum absolute atomic E-state index is 5.64. The summed E-state index contributed by atoms with van der Waals surface area (Å²) in [6, 6.07) is 6.52. The Hall–Kier alpha value is -1.81. The predicted octanol–water partition coefficient (Wildman–Crippen LogP) is 3.16. The highest BCUT2D eigenvalue weighted by atomic mass is 16.5. The van der Waals surface area contributed by atoms with Crippen molar-refractivity contribution in [3.8, 4) is 5.75 Å². The fraction of sp³-hybridized carbons (Fsp3) is 0.471. The van der Waals surface area contributed by atoms with Gasteiger partial charge in [0.1, 0.15) is 17.7 Å². The Morgan fingerprint density at radius 3 is 3.19 bits per heavy atom. The van der Waals surface area contributed by atoms with Gasteiger partial charge in [-0.25, -0.2) is 4.98 Å². The molecule has 0 fully saturated rings. The quantitative estimate of drug-likeness (QED) is 0.818. The van der Waals surface area contributed by atoms with Crippen molar-refractivity contribution < 1.29 is 9.47 Å². The SMILES string of the molecule is CCOC(C)c1nccn1CCc1ccc2c(c1)CCO2. The summed E-state index contributed by atoms with van der Waals surface area (Å²) in [4.78, 5) is 4.42. The third-order valence-corrected chi connectivity index (χ3v) is 3.92. The van der Waals surface area contributed by atoms with E-state index in [2.05, 4.69) is 34.7 Å². The van der Waals surface area contributed by atoms with Gasteiger partial charge in [-0.05, 0) is 37.5 Å². The summed E-state index contributed by atoms with van der Waals surface area (Å²) in [6.45, 7) is 6.51. The molecule has 2 heterocycles. The Labute approximate surface area is 125 Å². The third kappa shape index (κ3) is 3.10. The fourth-order valence-electron chi connectivity index (χ4n) is 2.84. The van der Waals surface area contributed by atoms with E-state index in [-0.39, 0.29) is 6.10 Å². The lowest BCUT2D eigenvalue weighted by atomic mass is 10.1. The van der Waals surface area contributed by atoms with Gasteiger partial charge >= 0.3 is 0 Å². The first kappa shape index (κ1) is 14.1. The molecule has 1 atom stereocenters. The Kier molecular flexibility index (Phi) is 4.25. The number of ether oxygens (including phenoxy) is 2. The van der Waals surface area contributed by atoms with Crippen LogP contribution in [0.2, 0.25) is 0 Å². The van der Waals surface area contributed by atoms with Gasteiger partial charge in [0, 0.05) is 32.0 Å². The lowest BCUT2D eigenvalue weighted by molar-refractivity contribution is 0.0674. The molecular weight excluding hydrogens is 264 g/mol. The zero-order valence-electron chi connectivity index (χ0n) is 12.7. The van der Waals surface area contributed by atoms with Crippen LogP contribution in [-0.4, -0.2) is 22.8 Å². The molecule has 2 aromatic rings. The predicted molar refractivity (Wildman–Crippen MR) is 81.6 cm³/mol. The van der Waals surface area contributed by atoms with Crippen molar-refractivity contribution in [2.45, 2.75) is 39.3 Å². The normalized spacial score (nSPS) is 14.8. The lowest BCUT2D eigenvalue weighted by Crippen LogP contribution is -2.10. The molecule has 0 aliphatic carbocycles. The van der Waals surface area contributed by atoms with Gasteiger partial charge in [-0.3, -0.25) is 0 Å². The van der Waals surface area contributed by atoms with Crippen LogP contribution in [0.4, 0.5) is 0 Å². The van der Waals surface area contributed by atoms with Crippen LogP contribution in [0.3, 0.4) is 0 Å². The molecule has 1 aromatic carbocycles. The van der Waals surface area contributed by atoms with Crippen LogP contribution >= 0.6 is 0 Å². The highest BCUT2D eigenvalue weighted by Gasteiger charge is 2.14. The summed E-state index contributed by atoms with van der Waals surface area (Å²) in [5.41, 5.74) is 2.68. The highest BCUT2D eigenvalue weighted by Crippen LogP contribution is 2.26. The van der Waals surface area contributed by atoms with Crippen LogP contribution < -0.4 is 4.74 Å². The molecule has 0 saturated carbocycles. The summed E-state index contributed by atoms with van der Waals surface area (Å²) in [5.74, 6) is 2.05. The smallest absolute Gasteiger partial charge is 0.137 e. The minimum atomic E-state index is 0.0402. The molecule has 1 aliphatic heterocycles. The number of fused-ring (bicyclic) bond motifs is 1. The van der Waals surface area contributed by atoms with E-state index in [9.17, 15) is 0 Å². The molecule has 3 rings (SSSR count). The second kappa shape index (κ2) is 6.31. The summed E-state index contributed by atoms with van der Waals surface area (Å²) in [7, 11) is 0. The maximum atomic E-state index is 5.64. The Bertz CT molecular complexity index is 607. The van der Waals surface area contributed by atoms with Crippen LogP contribution in [0, 0.1) is 0 Å². The van der Waals surface area contributed by atoms with Crippen LogP contribution in [0.15, 0.2) is 30.6 Å². The van der Waals surface area contributed by atoms with Crippen LogP contribution in [-0.2, 0) is 24.1 Å². The van der Waals surface area contributed by atoms with Gasteiger partial charge in [-0.1, -0.05) is 12.1 Å². The number of aryl methyl sites for hydroxylation is 2. The van der Waals surface area contributed by atoms with E-state index in [1.807, 2.05) is 19.3 Å². The molecule has 0 spiro atoms. The van der Waals surface area contributed by atoms with Gasteiger partial charge in [0.15, 0.2) is 0 Å². The van der Waals surface area contributed by atoms with Crippen LogP contribution in [0.1, 0.15) is 36.9 Å². The molecule has 0 N–H and O–H groups in total. The topological polar surface area (TPSA) is 36.3 Å². The molecule has 0 bridgehead atoms. The molecule has 21 heavy (non-hydrogen) atoms. The number of imidazole rings is 1. The molecule has 112 valence electrons. The van der Waals surface area contributed by atoms with Gasteiger partial charge in [-0.2, -0.15) is 0 Å². The molecule has 4 nitrogen and oxygen atoms in total. The largest absolute Gasteiger partial charge is 0.493 e. The Morgan fingerprint density at radius 1 is 1.43 bits per heavy atom. The summed E-state index contributed by atoms with van der Waals surface area (Å²) in [6.07, 6.45) is 5.94. The van der Waals surface area contributed by atoms with Gasteiger partial charge in [0.2, 0.25) is 0 Å². The van der Waals surface area contributed by atoms with Crippen LogP contribution in [0.5, 0.6) is 5.75 Å². The van der Waals surface area contributed by atoms with Crippen molar-refractivity contribution in [2.75, 3.05) is 13.2 Å². The lowest BCUT2D eigenvalue weighted by Gasteiger charge is -2.14. The van der Waals surface area contributed by atoms with E-state index in [0.29, 0.717) is 6.61 Å². The first-order valence-corrected chi connectivity index (χ1v) is 7.65. The van der Waals surface area contributed by atoms with Gasteiger partial charge < -0.3 is 14.0 Å². The van der Waals surface area contributed by atoms with E-state index < -0.39 is 0 Å². The number of hydrogen-bond acceptors (Lipinski definition) is 3. The number of nitrogens with zero attached hydrogens (tertiary/aromatic N) is 2. The van der Waals surface area contributed by atoms with Crippen molar-refractivity contribution in [3.63, 3.8) is 0 Å². The van der Waals surface area contributed by atoms with Crippen molar-refractivity contribution in [3.05, 3.63) is 47.5 Å². The van der Waals surface area contributed by atoms with Crippen molar-refractivity contribution >= 4 is 0 Å². The van der Waals surface area contributed by atoms with Crippen LogP contribution in [0.25, 0.3) is 0 Å². The average Bonchev–Trinajstić information content (AvgIpc) is 3.13. The monoisotopic (exact) mass is 286 g/mol. The molecule has 0 radical (unpaired) electrons. The summed E-state index contributed by atoms with van der Waals surface area (Å²) in [5, 5.41) is 0. The zero-order chi connectivity index (χ0) is 14.7. The van der Waals surface area contributed by atoms with E-state index in [0.717, 1.165) is 37.6 Å². The standard InChI is InChI=1S/C17H22N2O2/c1-3-20-13(2)17-18-8-10-19(17)9-6-14-4-5-16-15(12-14)7-11-21-16/h4-5,8,10,12-13H,3,6-7,9,11H2,1-2H3. The summed E-state index contributed by atoms with van der Waals surface area (Å²) >= 11 is 0. The Balaban J connectivity index is 1.67. The molecule has 1 unspecified atom stereocenters. The first-order chi connectivity index (χ1) is 10.3.